The van der Waals surface area contributed by atoms with Crippen LogP contribution in [0.2, 0.25) is 0 Å². The summed E-state index contributed by atoms with van der Waals surface area (Å²) in [6.07, 6.45) is 6.71. The number of allylic oxidation sites excluding steroid dienone is 2. The maximum atomic E-state index is 2.18. The van der Waals surface area contributed by atoms with Gasteiger partial charge in [0, 0.05) is 0 Å². The van der Waals surface area contributed by atoms with Crippen LogP contribution in [0.5, 0.6) is 0 Å². The molecule has 0 unspecified atom stereocenters. The average Bonchev–Trinajstić information content (AvgIpc) is 1.61. The highest BCUT2D eigenvalue weighted by Crippen LogP contribution is 1.81. The van der Waals surface area contributed by atoms with Gasteiger partial charge in [-0.05, 0) is 12.8 Å². The van der Waals surface area contributed by atoms with Gasteiger partial charge in [0.2, 0.25) is 0 Å². The minimum atomic E-state index is 0. The Labute approximate surface area is 47.2 Å². The molecule has 44 valence electrons. The van der Waals surface area contributed by atoms with Gasteiger partial charge < -0.3 is 0 Å². The predicted molar refractivity (Wildman–Crippen MR) is 36.5 cm³/mol. The lowest BCUT2D eigenvalue weighted by Crippen LogP contribution is -1.51. The quantitative estimate of drug-likeness (QED) is 0.468. The van der Waals surface area contributed by atoms with E-state index in [1.165, 1.54) is 12.8 Å². The zero-order valence-corrected chi connectivity index (χ0v) is 4.57. The number of hydrogen-bond acceptors (Lipinski definition) is 0. The van der Waals surface area contributed by atoms with Gasteiger partial charge in [-0.1, -0.05) is 33.4 Å². The lowest BCUT2D eigenvalue weighted by Gasteiger charge is -1.72. The Hall–Kier alpha value is -0.260. The summed E-state index contributed by atoms with van der Waals surface area (Å²) in [5, 5.41) is 0. The molecule has 0 aromatic rings. The van der Waals surface area contributed by atoms with Gasteiger partial charge in [0.25, 0.3) is 0 Å². The molecule has 0 heterocycles. The summed E-state index contributed by atoms with van der Waals surface area (Å²) in [5.74, 6) is 0. The largest absolute Gasteiger partial charge is 0.0888 e. The molecule has 0 saturated heterocycles. The molecule has 0 atom stereocenters. The van der Waals surface area contributed by atoms with E-state index in [0.29, 0.717) is 0 Å². The van der Waals surface area contributed by atoms with E-state index in [9.17, 15) is 0 Å². The fourth-order valence-electron chi connectivity index (χ4n) is 0.333. The molecule has 7 heavy (non-hydrogen) atoms. The molecule has 0 bridgehead atoms. The summed E-state index contributed by atoms with van der Waals surface area (Å²) < 4.78 is 0. The molecule has 0 nitrogen and oxygen atoms in total. The summed E-state index contributed by atoms with van der Waals surface area (Å²) in [6.45, 7) is 4.29. The van der Waals surface area contributed by atoms with Crippen LogP contribution >= 0.6 is 0 Å². The first-order chi connectivity index (χ1) is 2.91. The molecule has 0 rings (SSSR count). The van der Waals surface area contributed by atoms with Crippen molar-refractivity contribution in [3.63, 3.8) is 0 Å². The summed E-state index contributed by atoms with van der Waals surface area (Å²) in [5.41, 5.74) is 0. The molecule has 0 aliphatic heterocycles. The van der Waals surface area contributed by atoms with Gasteiger partial charge in [-0.2, -0.15) is 0 Å². The third-order valence-corrected chi connectivity index (χ3v) is 0.638. The fourth-order valence-corrected chi connectivity index (χ4v) is 0.333. The van der Waals surface area contributed by atoms with Crippen molar-refractivity contribution in [2.45, 2.75) is 34.1 Å². The van der Waals surface area contributed by atoms with Gasteiger partial charge in [-0.3, -0.25) is 0 Å². The lowest BCUT2D eigenvalue weighted by molar-refractivity contribution is 1.16. The lowest BCUT2D eigenvalue weighted by atomic mass is 10.4. The molecule has 0 heteroatoms. The zero-order valence-electron chi connectivity index (χ0n) is 4.57. The average molecular weight is 100 g/mol. The van der Waals surface area contributed by atoms with Crippen molar-refractivity contribution in [2.75, 3.05) is 0 Å². The Morgan fingerprint density at radius 1 is 1.00 bits per heavy atom. The molecular weight excluding hydrogens is 84.1 g/mol. The molecule has 0 amide bonds. The maximum Gasteiger partial charge on any atom is -0.0379 e. The van der Waals surface area contributed by atoms with Gasteiger partial charge in [0.15, 0.2) is 0 Å². The first-order valence-corrected chi connectivity index (χ1v) is 2.56. The summed E-state index contributed by atoms with van der Waals surface area (Å²) in [7, 11) is 0. The van der Waals surface area contributed by atoms with Crippen LogP contribution in [0.25, 0.3) is 0 Å². The van der Waals surface area contributed by atoms with E-state index in [4.69, 9.17) is 0 Å². The predicted octanol–water partition coefficient (Wildman–Crippen LogP) is 3.00. The highest BCUT2D eigenvalue weighted by atomic mass is 13.7. The topological polar surface area (TPSA) is 0 Å². The second-order valence-corrected chi connectivity index (χ2v) is 1.29. The molecule has 0 aliphatic carbocycles. The third-order valence-electron chi connectivity index (χ3n) is 0.638. The van der Waals surface area contributed by atoms with Crippen molar-refractivity contribution in [1.29, 1.82) is 0 Å². The van der Waals surface area contributed by atoms with Crippen molar-refractivity contribution in [1.82, 2.24) is 0 Å². The van der Waals surface area contributed by atoms with Crippen LogP contribution in [0.3, 0.4) is 0 Å². The van der Waals surface area contributed by atoms with E-state index in [1.807, 2.05) is 0 Å². The van der Waals surface area contributed by atoms with Crippen molar-refractivity contribution < 1.29 is 0 Å². The van der Waals surface area contributed by atoms with E-state index in [0.717, 1.165) is 0 Å². The van der Waals surface area contributed by atoms with Gasteiger partial charge >= 0.3 is 0 Å². The van der Waals surface area contributed by atoms with Crippen LogP contribution in [0.1, 0.15) is 34.1 Å². The van der Waals surface area contributed by atoms with Crippen molar-refractivity contribution in [2.24, 2.45) is 0 Å². The van der Waals surface area contributed by atoms with Crippen LogP contribution < -0.4 is 0 Å². The normalized spacial score (nSPS) is 8.86. The zero-order chi connectivity index (χ0) is 4.83. The number of hydrogen-bond donors (Lipinski definition) is 0. The van der Waals surface area contributed by atoms with Crippen LogP contribution in [0.15, 0.2) is 12.2 Å². The third kappa shape index (κ3) is 10.7. The van der Waals surface area contributed by atoms with E-state index in [2.05, 4.69) is 26.0 Å². The van der Waals surface area contributed by atoms with Gasteiger partial charge in [-0.15, -0.1) is 0 Å². The van der Waals surface area contributed by atoms with Crippen LogP contribution in [-0.2, 0) is 0 Å². The first kappa shape index (κ1) is 9.88. The van der Waals surface area contributed by atoms with Crippen LogP contribution in [-0.4, -0.2) is 0 Å². The first-order valence-electron chi connectivity index (χ1n) is 2.56. The second kappa shape index (κ2) is 9.22. The van der Waals surface area contributed by atoms with E-state index in [1.54, 1.807) is 0 Å². The Balaban J connectivity index is 0. The SMILES string of the molecule is C.CCC=CCC. The van der Waals surface area contributed by atoms with Crippen molar-refractivity contribution >= 4 is 0 Å². The van der Waals surface area contributed by atoms with E-state index < -0.39 is 0 Å². The molecule has 0 aromatic heterocycles. The van der Waals surface area contributed by atoms with Crippen LogP contribution in [0, 0.1) is 0 Å². The molecule has 0 aliphatic rings. The minimum Gasteiger partial charge on any atom is -0.0888 e. The smallest absolute Gasteiger partial charge is 0.0379 e. The fraction of sp³-hybridized carbons (Fsp3) is 0.714. The number of rotatable bonds is 2. The minimum absolute atomic E-state index is 0. The highest BCUT2D eigenvalue weighted by Gasteiger charge is 1.60. The monoisotopic (exact) mass is 100 g/mol. The van der Waals surface area contributed by atoms with Crippen LogP contribution in [0.4, 0.5) is 0 Å². The van der Waals surface area contributed by atoms with Crippen molar-refractivity contribution in [3.8, 4) is 0 Å². The van der Waals surface area contributed by atoms with Gasteiger partial charge in [0.05, 0.1) is 0 Å². The molecular formula is C7H16. The molecule has 0 radical (unpaired) electrons. The Bertz CT molecular complexity index is 29.3. The second-order valence-electron chi connectivity index (χ2n) is 1.29. The Morgan fingerprint density at radius 3 is 1.43 bits per heavy atom. The molecule has 0 fully saturated rings. The summed E-state index contributed by atoms with van der Waals surface area (Å²) in [6, 6.07) is 0. The van der Waals surface area contributed by atoms with E-state index in [-0.39, 0.29) is 7.43 Å². The summed E-state index contributed by atoms with van der Waals surface area (Å²) >= 11 is 0. The van der Waals surface area contributed by atoms with Gasteiger partial charge in [-0.25, -0.2) is 0 Å². The Morgan fingerprint density at radius 2 is 1.29 bits per heavy atom. The standard InChI is InChI=1S/C6H12.CH4/c1-3-5-6-4-2;/h5-6H,3-4H2,1-2H3;1H4. The molecule has 0 spiro atoms. The summed E-state index contributed by atoms with van der Waals surface area (Å²) in [4.78, 5) is 0. The molecule has 0 saturated carbocycles. The Kier molecular flexibility index (Phi) is 13.0. The maximum absolute atomic E-state index is 2.18. The highest BCUT2D eigenvalue weighted by molar-refractivity contribution is 4.77. The molecule has 0 aromatic carbocycles. The molecule has 0 N–H and O–H groups in total. The van der Waals surface area contributed by atoms with Gasteiger partial charge in [0.1, 0.15) is 0 Å². The van der Waals surface area contributed by atoms with Crippen molar-refractivity contribution in [3.05, 3.63) is 12.2 Å². The van der Waals surface area contributed by atoms with E-state index >= 15 is 0 Å².